The van der Waals surface area contributed by atoms with Gasteiger partial charge in [0.25, 0.3) is 5.56 Å². The molecule has 0 aliphatic heterocycles. The summed E-state index contributed by atoms with van der Waals surface area (Å²) in [7, 11) is 0. The third-order valence-corrected chi connectivity index (χ3v) is 2.91. The van der Waals surface area contributed by atoms with E-state index in [-0.39, 0.29) is 0 Å². The molecule has 1 aromatic heterocycles. The highest BCUT2D eigenvalue weighted by Crippen LogP contribution is 2.03. The summed E-state index contributed by atoms with van der Waals surface area (Å²) in [5.74, 6) is -1.22. The smallest absolute Gasteiger partial charge is 0.331 e. The van der Waals surface area contributed by atoms with E-state index in [1.54, 1.807) is 0 Å². The lowest BCUT2D eigenvalue weighted by atomic mass is 10.1. The monoisotopic (exact) mass is 274 g/mol. The minimum atomic E-state index is -1.22. The molecule has 1 aromatic carbocycles. The zero-order valence-electron chi connectivity index (χ0n) is 10.9. The molecule has 0 radical (unpaired) electrons. The van der Waals surface area contributed by atoms with Crippen LogP contribution in [-0.4, -0.2) is 20.2 Å². The van der Waals surface area contributed by atoms with Crippen LogP contribution in [0.3, 0.4) is 0 Å². The molecule has 20 heavy (non-hydrogen) atoms. The van der Waals surface area contributed by atoms with Crippen molar-refractivity contribution in [3.05, 3.63) is 68.5 Å². The molecule has 6 heteroatoms. The van der Waals surface area contributed by atoms with Gasteiger partial charge in [-0.15, -0.1) is 0 Å². The Labute approximate surface area is 114 Å². The van der Waals surface area contributed by atoms with Crippen LogP contribution in [0.15, 0.2) is 46.1 Å². The fraction of sp³-hybridized carbons (Fsp3) is 0.214. The number of carboxylic acids is 1. The van der Waals surface area contributed by atoms with Gasteiger partial charge >= 0.3 is 11.7 Å². The summed E-state index contributed by atoms with van der Waals surface area (Å²) in [6.45, 7) is 1.62. The molecule has 0 bridgehead atoms. The number of aliphatic carboxylic acids is 1. The van der Waals surface area contributed by atoms with Crippen LogP contribution < -0.4 is 11.2 Å². The van der Waals surface area contributed by atoms with Gasteiger partial charge in [-0.05, 0) is 12.5 Å². The van der Waals surface area contributed by atoms with Gasteiger partial charge in [-0.1, -0.05) is 29.8 Å². The van der Waals surface area contributed by atoms with E-state index < -0.39 is 23.8 Å². The van der Waals surface area contributed by atoms with E-state index in [9.17, 15) is 14.4 Å². The van der Waals surface area contributed by atoms with E-state index >= 15 is 0 Å². The minimum absolute atomic E-state index is 0.291. The van der Waals surface area contributed by atoms with E-state index in [4.69, 9.17) is 5.11 Å². The number of hydrogen-bond acceptors (Lipinski definition) is 3. The van der Waals surface area contributed by atoms with Crippen molar-refractivity contribution in [3.8, 4) is 0 Å². The van der Waals surface area contributed by atoms with Gasteiger partial charge in [0.05, 0.1) is 6.54 Å². The number of hydrogen-bond donors (Lipinski definition) is 1. The van der Waals surface area contributed by atoms with Gasteiger partial charge in [0, 0.05) is 12.3 Å². The van der Waals surface area contributed by atoms with Crippen LogP contribution in [0.1, 0.15) is 11.1 Å². The molecular formula is C14H14N2O4. The van der Waals surface area contributed by atoms with E-state index in [0.29, 0.717) is 11.1 Å². The highest BCUT2D eigenvalue weighted by Gasteiger charge is 2.08. The number of benzene rings is 1. The molecule has 1 heterocycles. The first-order chi connectivity index (χ1) is 9.47. The zero-order chi connectivity index (χ0) is 14.7. The van der Waals surface area contributed by atoms with Gasteiger partial charge in [0.15, 0.2) is 0 Å². The van der Waals surface area contributed by atoms with Gasteiger partial charge in [-0.3, -0.25) is 14.2 Å². The first-order valence-electron chi connectivity index (χ1n) is 6.05. The molecular weight excluding hydrogens is 260 g/mol. The van der Waals surface area contributed by atoms with Crippen LogP contribution in [0.2, 0.25) is 0 Å². The summed E-state index contributed by atoms with van der Waals surface area (Å²) in [4.78, 5) is 34.2. The Morgan fingerprint density at radius 2 is 1.80 bits per heavy atom. The van der Waals surface area contributed by atoms with E-state index in [2.05, 4.69) is 0 Å². The van der Waals surface area contributed by atoms with E-state index in [0.717, 1.165) is 11.1 Å². The van der Waals surface area contributed by atoms with Gasteiger partial charge in [-0.25, -0.2) is 9.36 Å². The second kappa shape index (κ2) is 5.56. The van der Waals surface area contributed by atoms with Crippen molar-refractivity contribution in [3.63, 3.8) is 0 Å². The summed E-state index contributed by atoms with van der Waals surface area (Å²) >= 11 is 0. The molecule has 0 atom stereocenters. The van der Waals surface area contributed by atoms with Gasteiger partial charge in [0.2, 0.25) is 0 Å². The minimum Gasteiger partial charge on any atom is -0.480 e. The fourth-order valence-electron chi connectivity index (χ4n) is 1.85. The quantitative estimate of drug-likeness (QED) is 0.877. The number of rotatable bonds is 4. The predicted molar refractivity (Wildman–Crippen MR) is 72.9 cm³/mol. The predicted octanol–water partition coefficient (Wildman–Crippen LogP) is 0.451. The van der Waals surface area contributed by atoms with Gasteiger partial charge in [0.1, 0.15) is 6.54 Å². The number of carboxylic acid groups (broad SMARTS) is 1. The lowest BCUT2D eigenvalue weighted by molar-refractivity contribution is -0.137. The molecule has 6 nitrogen and oxygen atoms in total. The number of aromatic nitrogens is 2. The molecule has 2 rings (SSSR count). The Morgan fingerprint density at radius 1 is 1.15 bits per heavy atom. The standard InChI is InChI=1S/C14H14N2O4/c1-10-2-4-11(5-3-10)8-15-7-6-12(17)16(14(15)20)9-13(18)19/h2-7H,8-9H2,1H3,(H,18,19). The second-order valence-corrected chi connectivity index (χ2v) is 4.53. The van der Waals surface area contributed by atoms with Crippen molar-refractivity contribution < 1.29 is 9.90 Å². The van der Waals surface area contributed by atoms with Crippen molar-refractivity contribution in [1.82, 2.24) is 9.13 Å². The first-order valence-corrected chi connectivity index (χ1v) is 6.05. The van der Waals surface area contributed by atoms with Crippen molar-refractivity contribution in [2.24, 2.45) is 0 Å². The Kier molecular flexibility index (Phi) is 3.84. The van der Waals surface area contributed by atoms with Crippen molar-refractivity contribution >= 4 is 5.97 Å². The van der Waals surface area contributed by atoms with Crippen molar-refractivity contribution in [1.29, 1.82) is 0 Å². The largest absolute Gasteiger partial charge is 0.480 e. The average Bonchev–Trinajstić information content (AvgIpc) is 2.40. The maximum absolute atomic E-state index is 12.1. The van der Waals surface area contributed by atoms with Gasteiger partial charge < -0.3 is 5.11 Å². The molecule has 1 N–H and O–H groups in total. The van der Waals surface area contributed by atoms with Gasteiger partial charge in [-0.2, -0.15) is 0 Å². The lowest BCUT2D eigenvalue weighted by Crippen LogP contribution is -2.40. The Balaban J connectivity index is 2.38. The Hall–Kier alpha value is -2.63. The Bertz CT molecular complexity index is 741. The highest BCUT2D eigenvalue weighted by atomic mass is 16.4. The molecule has 2 aromatic rings. The SMILES string of the molecule is Cc1ccc(Cn2ccc(=O)n(CC(=O)O)c2=O)cc1. The molecule has 0 aliphatic carbocycles. The van der Waals surface area contributed by atoms with E-state index in [1.807, 2.05) is 31.2 Å². The van der Waals surface area contributed by atoms with E-state index in [1.165, 1.54) is 16.8 Å². The molecule has 0 fully saturated rings. The van der Waals surface area contributed by atoms with Crippen LogP contribution in [0.25, 0.3) is 0 Å². The van der Waals surface area contributed by atoms with Crippen LogP contribution >= 0.6 is 0 Å². The van der Waals surface area contributed by atoms with Crippen LogP contribution in [0, 0.1) is 6.92 Å². The fourth-order valence-corrected chi connectivity index (χ4v) is 1.85. The van der Waals surface area contributed by atoms with Crippen molar-refractivity contribution in [2.75, 3.05) is 0 Å². The molecule has 0 amide bonds. The second-order valence-electron chi connectivity index (χ2n) is 4.53. The Morgan fingerprint density at radius 3 is 2.40 bits per heavy atom. The molecule has 0 spiro atoms. The average molecular weight is 274 g/mol. The normalized spacial score (nSPS) is 10.4. The first kappa shape index (κ1) is 13.8. The topological polar surface area (TPSA) is 81.3 Å². The summed E-state index contributed by atoms with van der Waals surface area (Å²) in [6.07, 6.45) is 1.38. The van der Waals surface area contributed by atoms with Crippen LogP contribution in [0.4, 0.5) is 0 Å². The molecule has 0 saturated heterocycles. The number of aryl methyl sites for hydroxylation is 1. The molecule has 0 unspecified atom stereocenters. The highest BCUT2D eigenvalue weighted by molar-refractivity contribution is 5.66. The van der Waals surface area contributed by atoms with Crippen LogP contribution in [0.5, 0.6) is 0 Å². The zero-order valence-corrected chi connectivity index (χ0v) is 10.9. The third kappa shape index (κ3) is 3.03. The summed E-state index contributed by atoms with van der Waals surface area (Å²) in [5, 5.41) is 8.72. The summed E-state index contributed by atoms with van der Waals surface area (Å²) < 4.78 is 2.02. The molecule has 0 saturated carbocycles. The number of nitrogens with zero attached hydrogens (tertiary/aromatic N) is 2. The third-order valence-electron chi connectivity index (χ3n) is 2.91. The number of carbonyl (C=O) groups is 1. The molecule has 104 valence electrons. The maximum atomic E-state index is 12.1. The molecule has 0 aliphatic rings. The van der Waals surface area contributed by atoms with Crippen molar-refractivity contribution in [2.45, 2.75) is 20.0 Å². The maximum Gasteiger partial charge on any atom is 0.331 e. The summed E-state index contributed by atoms with van der Waals surface area (Å²) in [5.41, 5.74) is 0.771. The van der Waals surface area contributed by atoms with Crippen LogP contribution in [-0.2, 0) is 17.9 Å². The summed E-state index contributed by atoms with van der Waals surface area (Å²) in [6, 6.07) is 8.81. The lowest BCUT2D eigenvalue weighted by Gasteiger charge is -2.08.